The van der Waals surface area contributed by atoms with Crippen molar-refractivity contribution in [1.82, 2.24) is 9.88 Å². The molecule has 0 aliphatic heterocycles. The normalized spacial score (nSPS) is 14.1. The van der Waals surface area contributed by atoms with E-state index in [1.54, 1.807) is 16.7 Å². The van der Waals surface area contributed by atoms with Crippen LogP contribution in [0.3, 0.4) is 0 Å². The summed E-state index contributed by atoms with van der Waals surface area (Å²) >= 11 is 19.0. The number of amides is 1. The third-order valence-corrected chi connectivity index (χ3v) is 6.35. The van der Waals surface area contributed by atoms with Gasteiger partial charge in [0.2, 0.25) is 0 Å². The van der Waals surface area contributed by atoms with Crippen molar-refractivity contribution < 1.29 is 9.59 Å². The Morgan fingerprint density at radius 2 is 1.86 bits per heavy atom. The Kier molecular flexibility index (Phi) is 5.60. The molecule has 1 saturated carbocycles. The number of aromatic nitrogens is 1. The SMILES string of the molecule is Cc1ccc2c(c1)c(C(=O)C(=O)NC1CCC1)c(Cl)n2Cc1ccc(Cl)cc1Cl. The number of hydrogen-bond donors (Lipinski definition) is 1. The van der Waals surface area contributed by atoms with Crippen molar-refractivity contribution in [2.24, 2.45) is 0 Å². The molecular weight excluding hydrogens is 431 g/mol. The van der Waals surface area contributed by atoms with Crippen LogP contribution in [0.2, 0.25) is 15.2 Å². The van der Waals surface area contributed by atoms with Crippen LogP contribution in [0.4, 0.5) is 0 Å². The van der Waals surface area contributed by atoms with Gasteiger partial charge in [-0.15, -0.1) is 0 Å². The van der Waals surface area contributed by atoms with Gasteiger partial charge >= 0.3 is 0 Å². The lowest BCUT2D eigenvalue weighted by Gasteiger charge is -2.25. The van der Waals surface area contributed by atoms with Gasteiger partial charge in [-0.05, 0) is 56.0 Å². The van der Waals surface area contributed by atoms with Gasteiger partial charge in [-0.1, -0.05) is 52.5 Å². The number of fused-ring (bicyclic) bond motifs is 1. The number of halogens is 3. The van der Waals surface area contributed by atoms with Gasteiger partial charge in [0, 0.05) is 21.5 Å². The van der Waals surface area contributed by atoms with Gasteiger partial charge in [-0.2, -0.15) is 0 Å². The first-order valence-corrected chi connectivity index (χ1v) is 10.6. The van der Waals surface area contributed by atoms with E-state index in [1.807, 2.05) is 31.2 Å². The van der Waals surface area contributed by atoms with Gasteiger partial charge in [-0.3, -0.25) is 9.59 Å². The van der Waals surface area contributed by atoms with Crippen LogP contribution in [0.15, 0.2) is 36.4 Å². The molecule has 150 valence electrons. The standard InChI is InChI=1S/C22H19Cl3N2O2/c1-12-5-8-18-16(9-12)19(20(28)22(29)26-15-3-2-4-15)21(25)27(18)11-13-6-7-14(23)10-17(13)24/h5-10,15H,2-4,11H2,1H3,(H,26,29). The highest BCUT2D eigenvalue weighted by Gasteiger charge is 2.29. The molecule has 0 bridgehead atoms. The molecular formula is C22H19Cl3N2O2. The van der Waals surface area contributed by atoms with Gasteiger partial charge < -0.3 is 9.88 Å². The lowest BCUT2D eigenvalue weighted by atomic mass is 9.93. The number of nitrogens with zero attached hydrogens (tertiary/aromatic N) is 1. The maximum Gasteiger partial charge on any atom is 0.292 e. The highest BCUT2D eigenvalue weighted by molar-refractivity contribution is 6.49. The van der Waals surface area contributed by atoms with E-state index in [0.717, 1.165) is 35.9 Å². The quantitative estimate of drug-likeness (QED) is 0.395. The molecule has 0 radical (unpaired) electrons. The van der Waals surface area contributed by atoms with E-state index in [0.29, 0.717) is 22.0 Å². The third kappa shape index (κ3) is 3.89. The van der Waals surface area contributed by atoms with E-state index in [1.165, 1.54) is 0 Å². The molecule has 4 rings (SSSR count). The largest absolute Gasteiger partial charge is 0.346 e. The zero-order chi connectivity index (χ0) is 20.7. The highest BCUT2D eigenvalue weighted by Crippen LogP contribution is 2.33. The second kappa shape index (κ2) is 8.02. The van der Waals surface area contributed by atoms with Crippen LogP contribution >= 0.6 is 34.8 Å². The van der Waals surface area contributed by atoms with Crippen LogP contribution in [0.5, 0.6) is 0 Å². The zero-order valence-corrected chi connectivity index (χ0v) is 18.0. The number of carbonyl (C=O) groups is 2. The summed E-state index contributed by atoms with van der Waals surface area (Å²) in [6.07, 6.45) is 2.88. The summed E-state index contributed by atoms with van der Waals surface area (Å²) in [5.74, 6) is -1.22. The van der Waals surface area contributed by atoms with Gasteiger partial charge in [0.1, 0.15) is 5.15 Å². The van der Waals surface area contributed by atoms with E-state index >= 15 is 0 Å². The molecule has 2 aromatic carbocycles. The number of ketones is 1. The molecule has 7 heteroatoms. The maximum absolute atomic E-state index is 13.0. The van der Waals surface area contributed by atoms with Gasteiger partial charge in [0.25, 0.3) is 11.7 Å². The van der Waals surface area contributed by atoms with Crippen molar-refractivity contribution in [2.45, 2.75) is 38.8 Å². The second-order valence-corrected chi connectivity index (χ2v) is 8.64. The summed E-state index contributed by atoms with van der Waals surface area (Å²) in [6, 6.07) is 11.1. The third-order valence-electron chi connectivity index (χ3n) is 5.37. The van der Waals surface area contributed by atoms with E-state index in [-0.39, 0.29) is 16.8 Å². The summed E-state index contributed by atoms with van der Waals surface area (Å²) in [6.45, 7) is 2.29. The molecule has 3 aromatic rings. The Hall–Kier alpha value is -2.01. The van der Waals surface area contributed by atoms with Crippen LogP contribution in [0.1, 0.15) is 40.7 Å². The lowest BCUT2D eigenvalue weighted by molar-refractivity contribution is -0.118. The molecule has 1 fully saturated rings. The van der Waals surface area contributed by atoms with Crippen LogP contribution in [-0.4, -0.2) is 22.3 Å². The van der Waals surface area contributed by atoms with Crippen molar-refractivity contribution in [3.05, 3.63) is 68.3 Å². The van der Waals surface area contributed by atoms with E-state index in [4.69, 9.17) is 34.8 Å². The predicted octanol–water partition coefficient (Wildman–Crippen LogP) is 5.81. The predicted molar refractivity (Wildman–Crippen MR) is 117 cm³/mol. The summed E-state index contributed by atoms with van der Waals surface area (Å²) in [7, 11) is 0. The number of nitrogens with one attached hydrogen (secondary N) is 1. The maximum atomic E-state index is 13.0. The van der Waals surface area contributed by atoms with Crippen molar-refractivity contribution in [3.63, 3.8) is 0 Å². The lowest BCUT2D eigenvalue weighted by Crippen LogP contribution is -2.43. The Labute approximate surface area is 183 Å². The fourth-order valence-electron chi connectivity index (χ4n) is 3.55. The number of aryl methyl sites for hydroxylation is 1. The summed E-state index contributed by atoms with van der Waals surface area (Å²) in [4.78, 5) is 25.5. The van der Waals surface area contributed by atoms with Gasteiger partial charge in [0.15, 0.2) is 0 Å². The molecule has 29 heavy (non-hydrogen) atoms. The molecule has 1 aromatic heterocycles. The van der Waals surface area contributed by atoms with E-state index in [9.17, 15) is 9.59 Å². The van der Waals surface area contributed by atoms with E-state index < -0.39 is 11.7 Å². The van der Waals surface area contributed by atoms with Gasteiger partial charge in [-0.25, -0.2) is 0 Å². The molecule has 1 amide bonds. The smallest absolute Gasteiger partial charge is 0.292 e. The van der Waals surface area contributed by atoms with Crippen molar-refractivity contribution >= 4 is 57.4 Å². The molecule has 1 aliphatic carbocycles. The van der Waals surface area contributed by atoms with Crippen LogP contribution in [-0.2, 0) is 11.3 Å². The minimum absolute atomic E-state index is 0.0770. The Balaban J connectivity index is 1.78. The summed E-state index contributed by atoms with van der Waals surface area (Å²) in [5, 5.41) is 4.75. The Morgan fingerprint density at radius 1 is 1.10 bits per heavy atom. The minimum Gasteiger partial charge on any atom is -0.346 e. The second-order valence-electron chi connectivity index (χ2n) is 7.44. The number of hydrogen-bond acceptors (Lipinski definition) is 2. The zero-order valence-electron chi connectivity index (χ0n) is 15.8. The molecule has 0 unspecified atom stereocenters. The Morgan fingerprint density at radius 3 is 2.52 bits per heavy atom. The number of rotatable bonds is 5. The minimum atomic E-state index is -0.613. The topological polar surface area (TPSA) is 51.1 Å². The van der Waals surface area contributed by atoms with Crippen LogP contribution < -0.4 is 5.32 Å². The fourth-order valence-corrected chi connectivity index (χ4v) is 4.35. The average molecular weight is 450 g/mol. The van der Waals surface area contributed by atoms with Crippen LogP contribution in [0, 0.1) is 6.92 Å². The fraction of sp³-hybridized carbons (Fsp3) is 0.273. The Bertz CT molecular complexity index is 1130. The first-order chi connectivity index (χ1) is 13.8. The molecule has 1 N–H and O–H groups in total. The molecule has 0 saturated heterocycles. The van der Waals surface area contributed by atoms with Crippen molar-refractivity contribution in [3.8, 4) is 0 Å². The molecule has 1 aliphatic rings. The van der Waals surface area contributed by atoms with Gasteiger partial charge in [0.05, 0.1) is 17.6 Å². The monoisotopic (exact) mass is 448 g/mol. The molecule has 1 heterocycles. The summed E-state index contributed by atoms with van der Waals surface area (Å²) < 4.78 is 1.80. The number of carbonyl (C=O) groups excluding carboxylic acids is 2. The average Bonchev–Trinajstić information content (AvgIpc) is 2.90. The number of benzene rings is 2. The first kappa shape index (κ1) is 20.3. The molecule has 0 spiro atoms. The molecule has 0 atom stereocenters. The summed E-state index contributed by atoms with van der Waals surface area (Å²) in [5.41, 5.74) is 2.79. The number of Topliss-reactive ketones (excluding diaryl/α,β-unsaturated/α-hetero) is 1. The van der Waals surface area contributed by atoms with Crippen molar-refractivity contribution in [1.29, 1.82) is 0 Å². The highest BCUT2D eigenvalue weighted by atomic mass is 35.5. The molecule has 4 nitrogen and oxygen atoms in total. The van der Waals surface area contributed by atoms with Crippen LogP contribution in [0.25, 0.3) is 10.9 Å². The van der Waals surface area contributed by atoms with Crippen molar-refractivity contribution in [2.75, 3.05) is 0 Å². The first-order valence-electron chi connectivity index (χ1n) is 9.42. The van der Waals surface area contributed by atoms with E-state index in [2.05, 4.69) is 5.32 Å².